The molecule has 2 atom stereocenters. The Morgan fingerprint density at radius 2 is 2.03 bits per heavy atom. The third-order valence-corrected chi connectivity index (χ3v) is 6.96. The van der Waals surface area contributed by atoms with Gasteiger partial charge in [-0.3, -0.25) is 14.5 Å². The summed E-state index contributed by atoms with van der Waals surface area (Å²) in [4.78, 5) is 26.1. The van der Waals surface area contributed by atoms with Crippen molar-refractivity contribution < 1.29 is 27.5 Å². The molecule has 2 unspecified atom stereocenters. The monoisotopic (exact) mass is 416 g/mol. The summed E-state index contributed by atoms with van der Waals surface area (Å²) in [5, 5.41) is -1.06. The summed E-state index contributed by atoms with van der Waals surface area (Å²) in [6.45, 7) is 3.48. The SMILES string of the molecule is C=CCOC(=O)Cn1cc2c(c1-c1ccccc1)N1C(=O)C(OC)C1S(=O)(=O)C2. The second-order valence-corrected chi connectivity index (χ2v) is 8.98. The molecule has 8 nitrogen and oxygen atoms in total. The van der Waals surface area contributed by atoms with E-state index in [-0.39, 0.29) is 18.9 Å². The third kappa shape index (κ3) is 3.06. The Balaban J connectivity index is 1.85. The van der Waals surface area contributed by atoms with Crippen LogP contribution in [0.1, 0.15) is 5.56 Å². The van der Waals surface area contributed by atoms with Crippen molar-refractivity contribution in [2.24, 2.45) is 0 Å². The largest absolute Gasteiger partial charge is 0.460 e. The van der Waals surface area contributed by atoms with Gasteiger partial charge in [-0.15, -0.1) is 0 Å². The molecule has 1 fully saturated rings. The molecule has 3 heterocycles. The minimum atomic E-state index is -3.62. The normalized spacial score (nSPS) is 21.7. The summed E-state index contributed by atoms with van der Waals surface area (Å²) in [6.07, 6.45) is 2.06. The molecule has 1 aromatic carbocycles. The smallest absolute Gasteiger partial charge is 0.326 e. The number of amides is 1. The molecule has 0 aliphatic carbocycles. The first-order valence-electron chi connectivity index (χ1n) is 9.00. The first-order valence-corrected chi connectivity index (χ1v) is 10.7. The lowest BCUT2D eigenvalue weighted by Crippen LogP contribution is -2.70. The van der Waals surface area contributed by atoms with Gasteiger partial charge in [-0.1, -0.05) is 43.0 Å². The Morgan fingerprint density at radius 1 is 1.31 bits per heavy atom. The van der Waals surface area contributed by atoms with Crippen LogP contribution in [0.5, 0.6) is 0 Å². The zero-order valence-corrected chi connectivity index (χ0v) is 16.6. The van der Waals surface area contributed by atoms with Crippen LogP contribution in [0.2, 0.25) is 0 Å². The number of aromatic nitrogens is 1. The van der Waals surface area contributed by atoms with Gasteiger partial charge in [0.15, 0.2) is 21.3 Å². The van der Waals surface area contributed by atoms with Gasteiger partial charge >= 0.3 is 5.97 Å². The molecule has 0 spiro atoms. The highest BCUT2D eigenvalue weighted by Crippen LogP contribution is 2.47. The fourth-order valence-electron chi connectivity index (χ4n) is 3.88. The van der Waals surface area contributed by atoms with E-state index < -0.39 is 33.2 Å². The molecule has 0 saturated carbocycles. The van der Waals surface area contributed by atoms with Crippen molar-refractivity contribution in [3.63, 3.8) is 0 Å². The molecule has 0 N–H and O–H groups in total. The highest BCUT2D eigenvalue weighted by Gasteiger charge is 2.59. The molecule has 2 aliphatic heterocycles. The maximum Gasteiger partial charge on any atom is 0.326 e. The quantitative estimate of drug-likeness (QED) is 0.402. The van der Waals surface area contributed by atoms with Crippen molar-refractivity contribution in [3.8, 4) is 11.3 Å². The lowest BCUT2D eigenvalue weighted by Gasteiger charge is -2.47. The van der Waals surface area contributed by atoms with Crippen LogP contribution >= 0.6 is 0 Å². The van der Waals surface area contributed by atoms with E-state index >= 15 is 0 Å². The number of hydrogen-bond acceptors (Lipinski definition) is 6. The molecule has 1 saturated heterocycles. The van der Waals surface area contributed by atoms with E-state index in [1.165, 1.54) is 18.1 Å². The van der Waals surface area contributed by atoms with Gasteiger partial charge in [0.25, 0.3) is 5.91 Å². The summed E-state index contributed by atoms with van der Waals surface area (Å²) in [7, 11) is -2.30. The highest BCUT2D eigenvalue weighted by atomic mass is 32.2. The van der Waals surface area contributed by atoms with Crippen molar-refractivity contribution in [1.82, 2.24) is 4.57 Å². The third-order valence-electron chi connectivity index (χ3n) is 5.05. The minimum Gasteiger partial charge on any atom is -0.460 e. The molecule has 9 heteroatoms. The number of nitrogens with zero attached hydrogens (tertiary/aromatic N) is 2. The molecule has 152 valence electrons. The number of ether oxygens (including phenoxy) is 2. The first-order chi connectivity index (χ1) is 13.9. The summed E-state index contributed by atoms with van der Waals surface area (Å²) in [6, 6.07) is 9.21. The number of esters is 1. The van der Waals surface area contributed by atoms with E-state index in [1.807, 2.05) is 30.3 Å². The number of carbonyl (C=O) groups is 2. The van der Waals surface area contributed by atoms with Gasteiger partial charge in [-0.05, 0) is 0 Å². The van der Waals surface area contributed by atoms with Crippen molar-refractivity contribution in [2.75, 3.05) is 18.6 Å². The predicted octanol–water partition coefficient (Wildman–Crippen LogP) is 1.50. The van der Waals surface area contributed by atoms with Crippen LogP contribution < -0.4 is 4.90 Å². The molecule has 1 aromatic heterocycles. The van der Waals surface area contributed by atoms with Crippen molar-refractivity contribution in [2.45, 2.75) is 23.8 Å². The number of sulfone groups is 1. The van der Waals surface area contributed by atoms with Gasteiger partial charge in [0.2, 0.25) is 0 Å². The maximum absolute atomic E-state index is 12.8. The topological polar surface area (TPSA) is 94.9 Å². The average Bonchev–Trinajstić information content (AvgIpc) is 3.01. The lowest BCUT2D eigenvalue weighted by atomic mass is 10.0. The number of methoxy groups -OCH3 is 1. The van der Waals surface area contributed by atoms with E-state index in [1.54, 1.807) is 10.8 Å². The minimum absolute atomic E-state index is 0.0804. The molecule has 4 rings (SSSR count). The number of β-lactam (4-membered cyclic amide) rings is 1. The molecular weight excluding hydrogens is 396 g/mol. The van der Waals surface area contributed by atoms with Gasteiger partial charge in [0, 0.05) is 24.4 Å². The van der Waals surface area contributed by atoms with Gasteiger partial charge < -0.3 is 14.0 Å². The van der Waals surface area contributed by atoms with Crippen LogP contribution in [0, 0.1) is 0 Å². The number of hydrogen-bond donors (Lipinski definition) is 0. The Bertz CT molecular complexity index is 1090. The maximum atomic E-state index is 12.8. The number of benzene rings is 1. The zero-order valence-electron chi connectivity index (χ0n) is 15.8. The molecule has 2 aliphatic rings. The van der Waals surface area contributed by atoms with Gasteiger partial charge in [-0.25, -0.2) is 8.42 Å². The second kappa shape index (κ2) is 7.16. The summed E-state index contributed by atoms with van der Waals surface area (Å²) in [5.74, 6) is -1.13. The number of rotatable bonds is 6. The summed E-state index contributed by atoms with van der Waals surface area (Å²) < 4.78 is 37.3. The number of carbonyl (C=O) groups excluding carboxylic acids is 2. The average molecular weight is 416 g/mol. The molecule has 0 bridgehead atoms. The Hall–Kier alpha value is -2.91. The Kier molecular flexibility index (Phi) is 4.79. The van der Waals surface area contributed by atoms with Crippen molar-refractivity contribution >= 4 is 27.4 Å². The van der Waals surface area contributed by atoms with Crippen LogP contribution in [-0.2, 0) is 41.2 Å². The molecule has 29 heavy (non-hydrogen) atoms. The van der Waals surface area contributed by atoms with Crippen LogP contribution in [0.3, 0.4) is 0 Å². The van der Waals surface area contributed by atoms with Gasteiger partial charge in [0.05, 0.1) is 17.1 Å². The van der Waals surface area contributed by atoms with Crippen molar-refractivity contribution in [3.05, 3.63) is 54.7 Å². The fraction of sp³-hybridized carbons (Fsp3) is 0.300. The van der Waals surface area contributed by atoms with Gasteiger partial charge in [-0.2, -0.15) is 0 Å². The van der Waals surface area contributed by atoms with Crippen LogP contribution in [0.15, 0.2) is 49.2 Å². The van der Waals surface area contributed by atoms with Crippen LogP contribution in [0.4, 0.5) is 5.69 Å². The Morgan fingerprint density at radius 3 is 2.69 bits per heavy atom. The highest BCUT2D eigenvalue weighted by molar-refractivity contribution is 7.91. The van der Waals surface area contributed by atoms with E-state index in [2.05, 4.69) is 6.58 Å². The first kappa shape index (κ1) is 19.4. The van der Waals surface area contributed by atoms with E-state index in [9.17, 15) is 18.0 Å². The fourth-order valence-corrected chi connectivity index (χ4v) is 5.83. The molecule has 2 aromatic rings. The summed E-state index contributed by atoms with van der Waals surface area (Å²) >= 11 is 0. The Labute approximate surface area is 168 Å². The van der Waals surface area contributed by atoms with Crippen molar-refractivity contribution in [1.29, 1.82) is 0 Å². The molecule has 1 amide bonds. The number of fused-ring (bicyclic) bond motifs is 3. The summed E-state index contributed by atoms with van der Waals surface area (Å²) in [5.41, 5.74) is 2.33. The molecular formula is C20H20N2O6S. The predicted molar refractivity (Wildman–Crippen MR) is 106 cm³/mol. The van der Waals surface area contributed by atoms with Crippen LogP contribution in [0.25, 0.3) is 11.3 Å². The van der Waals surface area contributed by atoms with Gasteiger partial charge in [0.1, 0.15) is 13.2 Å². The lowest BCUT2D eigenvalue weighted by molar-refractivity contribution is -0.143. The zero-order chi connectivity index (χ0) is 20.8. The van der Waals surface area contributed by atoms with E-state index in [4.69, 9.17) is 9.47 Å². The standard InChI is InChI=1S/C20H20N2O6S/c1-3-9-28-15(23)11-21-10-14-12-29(25,26)20-18(27-2)19(24)22(20)17(14)16(21)13-7-5-4-6-8-13/h3-8,10,18,20H,1,9,11-12H2,2H3. The van der Waals surface area contributed by atoms with E-state index in [0.29, 0.717) is 16.9 Å². The second-order valence-electron chi connectivity index (χ2n) is 6.88. The van der Waals surface area contributed by atoms with E-state index in [0.717, 1.165) is 5.56 Å². The number of anilines is 1. The van der Waals surface area contributed by atoms with Crippen LogP contribution in [-0.4, -0.2) is 50.1 Å². The molecule has 0 radical (unpaired) electrons.